The van der Waals surface area contributed by atoms with Gasteiger partial charge in [0.2, 0.25) is 0 Å². The Morgan fingerprint density at radius 2 is 2.17 bits per heavy atom. The quantitative estimate of drug-likeness (QED) is 0.545. The fourth-order valence-electron chi connectivity index (χ4n) is 2.09. The van der Waals surface area contributed by atoms with E-state index in [4.69, 9.17) is 0 Å². The minimum Gasteiger partial charge on any atom is -0.145 e. The lowest BCUT2D eigenvalue weighted by atomic mass is 10.1. The van der Waals surface area contributed by atoms with E-state index in [1.807, 2.05) is 0 Å². The molecule has 0 fully saturated rings. The van der Waals surface area contributed by atoms with Gasteiger partial charge in [-0.2, -0.15) is 0 Å². The lowest BCUT2D eigenvalue weighted by molar-refractivity contribution is 1.16. The first kappa shape index (κ1) is 6.79. The summed E-state index contributed by atoms with van der Waals surface area (Å²) in [6.45, 7) is 0. The number of thioether (sulfide) groups is 1. The fraction of sp³-hybridized carbons (Fsp3) is 0.273. The zero-order chi connectivity index (χ0) is 7.97. The summed E-state index contributed by atoms with van der Waals surface area (Å²) in [5, 5.41) is 0.709. The molecule has 0 aromatic heterocycles. The first-order valence-corrected chi connectivity index (χ1v) is 5.38. The highest BCUT2D eigenvalue weighted by Gasteiger charge is 2.29. The molecule has 3 rings (SSSR count). The van der Waals surface area contributed by atoms with Crippen molar-refractivity contribution in [2.75, 3.05) is 5.75 Å². The van der Waals surface area contributed by atoms with Crippen LogP contribution in [0.1, 0.15) is 16.4 Å². The van der Waals surface area contributed by atoms with Crippen LogP contribution in [0.15, 0.2) is 35.9 Å². The molecule has 1 heteroatoms. The summed E-state index contributed by atoms with van der Waals surface area (Å²) in [6, 6.07) is 8.83. The van der Waals surface area contributed by atoms with Crippen molar-refractivity contribution in [3.8, 4) is 0 Å². The number of benzene rings is 1. The summed E-state index contributed by atoms with van der Waals surface area (Å²) < 4.78 is 0. The highest BCUT2D eigenvalue weighted by atomic mass is 32.2. The van der Waals surface area contributed by atoms with E-state index in [0.717, 1.165) is 0 Å². The van der Waals surface area contributed by atoms with Gasteiger partial charge in [0, 0.05) is 5.75 Å². The molecular weight excluding hydrogens is 164 g/mol. The molecule has 1 aromatic carbocycles. The molecule has 1 unspecified atom stereocenters. The summed E-state index contributed by atoms with van der Waals surface area (Å²) in [7, 11) is 0. The smallest absolute Gasteiger partial charge is 0.0516 e. The molecule has 0 radical (unpaired) electrons. The third-order valence-electron chi connectivity index (χ3n) is 2.68. The van der Waals surface area contributed by atoms with E-state index in [2.05, 4.69) is 42.1 Å². The van der Waals surface area contributed by atoms with E-state index >= 15 is 0 Å². The molecule has 0 saturated carbocycles. The van der Waals surface area contributed by atoms with Gasteiger partial charge >= 0.3 is 0 Å². The predicted molar refractivity (Wildman–Crippen MR) is 53.4 cm³/mol. The Balaban J connectivity index is 2.17. The first-order chi connectivity index (χ1) is 5.95. The highest BCUT2D eigenvalue weighted by molar-refractivity contribution is 8.00. The summed E-state index contributed by atoms with van der Waals surface area (Å²) in [6.07, 6.45) is 3.60. The van der Waals surface area contributed by atoms with Crippen molar-refractivity contribution in [3.05, 3.63) is 47.0 Å². The van der Waals surface area contributed by atoms with Crippen LogP contribution < -0.4 is 0 Å². The second kappa shape index (κ2) is 2.40. The van der Waals surface area contributed by atoms with Gasteiger partial charge in [-0.15, -0.1) is 11.8 Å². The van der Waals surface area contributed by atoms with Gasteiger partial charge in [0.25, 0.3) is 0 Å². The van der Waals surface area contributed by atoms with Crippen molar-refractivity contribution in [1.82, 2.24) is 0 Å². The van der Waals surface area contributed by atoms with E-state index < -0.39 is 0 Å². The molecule has 1 aromatic rings. The summed E-state index contributed by atoms with van der Waals surface area (Å²) in [4.78, 5) is 0. The number of hydrogen-bond acceptors (Lipinski definition) is 1. The standard InChI is InChI=1S/C11H10S/c1-2-4-10-8(3-1)7-9-5-6-12-11(9)10/h1-5,11H,6-7H2. The minimum atomic E-state index is 0.709. The van der Waals surface area contributed by atoms with Crippen LogP contribution in [-0.2, 0) is 6.42 Å². The van der Waals surface area contributed by atoms with E-state index in [-0.39, 0.29) is 0 Å². The van der Waals surface area contributed by atoms with Crippen LogP contribution >= 0.6 is 11.8 Å². The van der Waals surface area contributed by atoms with Crippen molar-refractivity contribution < 1.29 is 0 Å². The Morgan fingerprint density at radius 1 is 1.25 bits per heavy atom. The van der Waals surface area contributed by atoms with Crippen LogP contribution in [0.4, 0.5) is 0 Å². The maximum Gasteiger partial charge on any atom is 0.0516 e. The van der Waals surface area contributed by atoms with Crippen molar-refractivity contribution in [2.24, 2.45) is 0 Å². The molecule has 1 atom stereocenters. The highest BCUT2D eigenvalue weighted by Crippen LogP contribution is 2.48. The van der Waals surface area contributed by atoms with Gasteiger partial charge in [0.1, 0.15) is 0 Å². The van der Waals surface area contributed by atoms with Gasteiger partial charge in [-0.3, -0.25) is 0 Å². The van der Waals surface area contributed by atoms with E-state index in [9.17, 15) is 0 Å². The monoisotopic (exact) mass is 174 g/mol. The van der Waals surface area contributed by atoms with Gasteiger partial charge < -0.3 is 0 Å². The Labute approximate surface area is 76.7 Å². The molecule has 2 aliphatic rings. The molecule has 12 heavy (non-hydrogen) atoms. The van der Waals surface area contributed by atoms with Crippen molar-refractivity contribution in [2.45, 2.75) is 11.7 Å². The maximum absolute atomic E-state index is 2.40. The first-order valence-electron chi connectivity index (χ1n) is 4.33. The number of hydrogen-bond donors (Lipinski definition) is 0. The third-order valence-corrected chi connectivity index (χ3v) is 3.93. The lowest BCUT2D eigenvalue weighted by Crippen LogP contribution is -1.84. The topological polar surface area (TPSA) is 0 Å². The van der Waals surface area contributed by atoms with Crippen LogP contribution in [0.2, 0.25) is 0 Å². The van der Waals surface area contributed by atoms with Crippen LogP contribution in [0.5, 0.6) is 0 Å². The molecule has 0 bridgehead atoms. The Kier molecular flexibility index (Phi) is 1.36. The molecule has 1 aliphatic carbocycles. The molecule has 0 spiro atoms. The van der Waals surface area contributed by atoms with Gasteiger partial charge in [-0.25, -0.2) is 0 Å². The van der Waals surface area contributed by atoms with Gasteiger partial charge in [-0.1, -0.05) is 35.9 Å². The summed E-state index contributed by atoms with van der Waals surface area (Å²) >= 11 is 2.06. The third kappa shape index (κ3) is 0.802. The zero-order valence-electron chi connectivity index (χ0n) is 6.79. The van der Waals surface area contributed by atoms with Crippen LogP contribution in [0, 0.1) is 0 Å². The Morgan fingerprint density at radius 3 is 3.17 bits per heavy atom. The van der Waals surface area contributed by atoms with Crippen molar-refractivity contribution in [3.63, 3.8) is 0 Å². The minimum absolute atomic E-state index is 0.709. The molecular formula is C11H10S. The van der Waals surface area contributed by atoms with E-state index in [1.165, 1.54) is 12.2 Å². The molecule has 0 amide bonds. The average molecular weight is 174 g/mol. The molecule has 1 aliphatic heterocycles. The molecule has 0 saturated heterocycles. The molecule has 60 valence electrons. The number of fused-ring (bicyclic) bond motifs is 3. The fourth-order valence-corrected chi connectivity index (χ4v) is 3.40. The normalized spacial score (nSPS) is 25.0. The van der Waals surface area contributed by atoms with Crippen LogP contribution in [0.3, 0.4) is 0 Å². The predicted octanol–water partition coefficient (Wildman–Crippen LogP) is 2.96. The average Bonchev–Trinajstić information content (AvgIpc) is 2.62. The zero-order valence-corrected chi connectivity index (χ0v) is 7.60. The second-order valence-corrected chi connectivity index (χ2v) is 4.51. The largest absolute Gasteiger partial charge is 0.145 e. The summed E-state index contributed by atoms with van der Waals surface area (Å²) in [5.74, 6) is 1.22. The lowest BCUT2D eigenvalue weighted by Gasteiger charge is -2.05. The van der Waals surface area contributed by atoms with E-state index in [0.29, 0.717) is 5.25 Å². The Hall–Kier alpha value is -0.690. The van der Waals surface area contributed by atoms with E-state index in [1.54, 1.807) is 16.7 Å². The second-order valence-electron chi connectivity index (χ2n) is 3.37. The van der Waals surface area contributed by atoms with Crippen LogP contribution in [0.25, 0.3) is 0 Å². The molecule has 1 heterocycles. The number of rotatable bonds is 0. The van der Waals surface area contributed by atoms with Crippen LogP contribution in [-0.4, -0.2) is 5.75 Å². The molecule has 0 N–H and O–H groups in total. The van der Waals surface area contributed by atoms with Crippen molar-refractivity contribution >= 4 is 11.8 Å². The SMILES string of the molecule is C1=C2Cc3ccccc3C2SC1. The summed E-state index contributed by atoms with van der Waals surface area (Å²) in [5.41, 5.74) is 4.74. The maximum atomic E-state index is 2.40. The van der Waals surface area contributed by atoms with Gasteiger partial charge in [0.15, 0.2) is 0 Å². The van der Waals surface area contributed by atoms with Crippen molar-refractivity contribution in [1.29, 1.82) is 0 Å². The van der Waals surface area contributed by atoms with Gasteiger partial charge in [0.05, 0.1) is 5.25 Å². The molecule has 0 nitrogen and oxygen atoms in total. The Bertz CT molecular complexity index is 352. The van der Waals surface area contributed by atoms with Gasteiger partial charge in [-0.05, 0) is 17.5 Å².